The van der Waals surface area contributed by atoms with Gasteiger partial charge in [0.15, 0.2) is 0 Å². The summed E-state index contributed by atoms with van der Waals surface area (Å²) in [5.41, 5.74) is 0.399. The van der Waals surface area contributed by atoms with Crippen LogP contribution in [-0.4, -0.2) is 27.3 Å². The van der Waals surface area contributed by atoms with Gasteiger partial charge in [0.1, 0.15) is 0 Å². The molecule has 0 spiro atoms. The molecular formula is C11H12O5. The summed E-state index contributed by atoms with van der Waals surface area (Å²) in [5, 5.41) is 27.1. The lowest BCUT2D eigenvalue weighted by atomic mass is 9.93. The number of carboxylic acid groups (broad SMARTS) is 2. The molecule has 3 N–H and O–H groups in total. The Labute approximate surface area is 92.0 Å². The topological polar surface area (TPSA) is 94.8 Å². The summed E-state index contributed by atoms with van der Waals surface area (Å²) in [6.07, 6.45) is -1.92. The van der Waals surface area contributed by atoms with E-state index in [4.69, 9.17) is 10.2 Å². The standard InChI is InChI=1S/C11H12O5/c12-9(13)6-8(11(15)16)10(14)7-4-2-1-3-5-7/h1-5,8,10,14H,6H2,(H,12,13)(H,15,16)/t8-,10-/m1/s1. The molecule has 0 aliphatic carbocycles. The molecule has 1 aromatic rings. The van der Waals surface area contributed by atoms with Crippen molar-refractivity contribution in [2.24, 2.45) is 5.92 Å². The number of aliphatic carboxylic acids is 2. The maximum Gasteiger partial charge on any atom is 0.310 e. The van der Waals surface area contributed by atoms with Gasteiger partial charge in [0.05, 0.1) is 18.4 Å². The number of carboxylic acids is 2. The minimum Gasteiger partial charge on any atom is -0.481 e. The number of benzene rings is 1. The zero-order valence-corrected chi connectivity index (χ0v) is 8.41. The van der Waals surface area contributed by atoms with Crippen LogP contribution in [0.5, 0.6) is 0 Å². The third-order valence-corrected chi connectivity index (χ3v) is 2.23. The second-order valence-corrected chi connectivity index (χ2v) is 3.40. The van der Waals surface area contributed by atoms with Gasteiger partial charge in [-0.15, -0.1) is 0 Å². The van der Waals surface area contributed by atoms with Crippen molar-refractivity contribution in [3.63, 3.8) is 0 Å². The summed E-state index contributed by atoms with van der Waals surface area (Å²) in [7, 11) is 0. The Morgan fingerprint density at radius 2 is 1.69 bits per heavy atom. The zero-order valence-electron chi connectivity index (χ0n) is 8.41. The molecular weight excluding hydrogens is 212 g/mol. The van der Waals surface area contributed by atoms with Gasteiger partial charge in [0.25, 0.3) is 0 Å². The van der Waals surface area contributed by atoms with Crippen molar-refractivity contribution < 1.29 is 24.9 Å². The highest BCUT2D eigenvalue weighted by Crippen LogP contribution is 2.24. The van der Waals surface area contributed by atoms with Crippen LogP contribution in [0.25, 0.3) is 0 Å². The molecule has 5 nitrogen and oxygen atoms in total. The van der Waals surface area contributed by atoms with E-state index >= 15 is 0 Å². The van der Waals surface area contributed by atoms with Crippen LogP contribution in [0.3, 0.4) is 0 Å². The van der Waals surface area contributed by atoms with Crippen molar-refractivity contribution >= 4 is 11.9 Å². The third-order valence-electron chi connectivity index (χ3n) is 2.23. The summed E-state index contributed by atoms with van der Waals surface area (Å²) >= 11 is 0. The Hall–Kier alpha value is -1.88. The fraction of sp³-hybridized carbons (Fsp3) is 0.273. The van der Waals surface area contributed by atoms with Gasteiger partial charge in [-0.2, -0.15) is 0 Å². The van der Waals surface area contributed by atoms with Gasteiger partial charge in [-0.3, -0.25) is 9.59 Å². The molecule has 16 heavy (non-hydrogen) atoms. The van der Waals surface area contributed by atoms with E-state index in [1.54, 1.807) is 30.3 Å². The number of aliphatic hydroxyl groups excluding tert-OH is 1. The quantitative estimate of drug-likeness (QED) is 0.690. The van der Waals surface area contributed by atoms with Gasteiger partial charge in [0.2, 0.25) is 0 Å². The second kappa shape index (κ2) is 5.27. The van der Waals surface area contributed by atoms with Crippen LogP contribution in [0.2, 0.25) is 0 Å². The highest BCUT2D eigenvalue weighted by atomic mass is 16.4. The summed E-state index contributed by atoms with van der Waals surface area (Å²) in [5.74, 6) is -3.90. The van der Waals surface area contributed by atoms with E-state index < -0.39 is 30.4 Å². The summed E-state index contributed by atoms with van der Waals surface area (Å²) in [4.78, 5) is 21.3. The molecule has 0 bridgehead atoms. The van der Waals surface area contributed by atoms with Crippen molar-refractivity contribution in [2.45, 2.75) is 12.5 Å². The first kappa shape index (κ1) is 12.2. The van der Waals surface area contributed by atoms with Gasteiger partial charge in [-0.1, -0.05) is 30.3 Å². The summed E-state index contributed by atoms with van der Waals surface area (Å²) < 4.78 is 0. The van der Waals surface area contributed by atoms with E-state index in [0.717, 1.165) is 0 Å². The van der Waals surface area contributed by atoms with Crippen LogP contribution in [-0.2, 0) is 9.59 Å². The normalized spacial score (nSPS) is 14.1. The average molecular weight is 224 g/mol. The summed E-state index contributed by atoms with van der Waals surface area (Å²) in [6, 6.07) is 8.14. The zero-order chi connectivity index (χ0) is 12.1. The average Bonchev–Trinajstić information content (AvgIpc) is 2.25. The van der Waals surface area contributed by atoms with Crippen molar-refractivity contribution in [3.05, 3.63) is 35.9 Å². The monoisotopic (exact) mass is 224 g/mol. The van der Waals surface area contributed by atoms with Crippen LogP contribution >= 0.6 is 0 Å². The molecule has 5 heteroatoms. The van der Waals surface area contributed by atoms with Crippen LogP contribution in [0.15, 0.2) is 30.3 Å². The molecule has 0 unspecified atom stereocenters. The Morgan fingerprint density at radius 3 is 2.12 bits per heavy atom. The van der Waals surface area contributed by atoms with Crippen LogP contribution < -0.4 is 0 Å². The Kier molecular flexibility index (Phi) is 4.02. The van der Waals surface area contributed by atoms with Gasteiger partial charge in [0, 0.05) is 0 Å². The molecule has 0 aromatic heterocycles. The molecule has 86 valence electrons. The highest BCUT2D eigenvalue weighted by Gasteiger charge is 2.29. The van der Waals surface area contributed by atoms with E-state index in [-0.39, 0.29) is 0 Å². The van der Waals surface area contributed by atoms with Crippen LogP contribution in [0, 0.1) is 5.92 Å². The molecule has 2 atom stereocenters. The minimum atomic E-state index is -1.33. The Morgan fingerprint density at radius 1 is 1.12 bits per heavy atom. The molecule has 0 amide bonds. The number of hydrogen-bond acceptors (Lipinski definition) is 3. The lowest BCUT2D eigenvalue weighted by molar-refractivity contribution is -0.152. The van der Waals surface area contributed by atoms with Gasteiger partial charge in [-0.25, -0.2) is 0 Å². The molecule has 0 fully saturated rings. The van der Waals surface area contributed by atoms with Crippen molar-refractivity contribution in [2.75, 3.05) is 0 Å². The van der Waals surface area contributed by atoms with Crippen LogP contribution in [0.4, 0.5) is 0 Å². The number of aliphatic hydroxyl groups is 1. The lowest BCUT2D eigenvalue weighted by Crippen LogP contribution is -2.24. The van der Waals surface area contributed by atoms with Crippen molar-refractivity contribution in [1.29, 1.82) is 0 Å². The predicted molar refractivity (Wildman–Crippen MR) is 54.8 cm³/mol. The molecule has 0 aliphatic rings. The lowest BCUT2D eigenvalue weighted by Gasteiger charge is -2.17. The van der Waals surface area contributed by atoms with E-state index in [0.29, 0.717) is 5.56 Å². The first-order valence-corrected chi connectivity index (χ1v) is 4.70. The molecule has 0 aliphatic heterocycles. The van der Waals surface area contributed by atoms with Gasteiger partial charge < -0.3 is 15.3 Å². The van der Waals surface area contributed by atoms with Gasteiger partial charge in [-0.05, 0) is 5.56 Å². The first-order chi connectivity index (χ1) is 7.52. The molecule has 1 aromatic carbocycles. The maximum absolute atomic E-state index is 10.8. The fourth-order valence-electron chi connectivity index (χ4n) is 1.40. The minimum absolute atomic E-state index is 0.399. The van der Waals surface area contributed by atoms with Crippen molar-refractivity contribution in [1.82, 2.24) is 0 Å². The Bertz CT molecular complexity index is 373. The maximum atomic E-state index is 10.8. The number of carbonyl (C=O) groups is 2. The van der Waals surface area contributed by atoms with E-state index in [1.165, 1.54) is 0 Å². The molecule has 0 radical (unpaired) electrons. The van der Waals surface area contributed by atoms with Crippen LogP contribution in [0.1, 0.15) is 18.1 Å². The van der Waals surface area contributed by atoms with E-state index in [9.17, 15) is 14.7 Å². The predicted octanol–water partition coefficient (Wildman–Crippen LogP) is 0.895. The number of rotatable bonds is 5. The van der Waals surface area contributed by atoms with E-state index in [1.807, 2.05) is 0 Å². The largest absolute Gasteiger partial charge is 0.481 e. The molecule has 0 heterocycles. The van der Waals surface area contributed by atoms with E-state index in [2.05, 4.69) is 0 Å². The highest BCUT2D eigenvalue weighted by molar-refractivity contribution is 5.78. The number of hydrogen-bond donors (Lipinski definition) is 3. The summed E-state index contributed by atoms with van der Waals surface area (Å²) in [6.45, 7) is 0. The molecule has 0 saturated heterocycles. The smallest absolute Gasteiger partial charge is 0.310 e. The molecule has 0 saturated carbocycles. The fourth-order valence-corrected chi connectivity index (χ4v) is 1.40. The van der Waals surface area contributed by atoms with Crippen molar-refractivity contribution in [3.8, 4) is 0 Å². The Balaban J connectivity index is 2.87. The SMILES string of the molecule is O=C(O)C[C@@H](C(=O)O)[C@H](O)c1ccccc1. The van der Waals surface area contributed by atoms with Gasteiger partial charge >= 0.3 is 11.9 Å². The molecule has 1 rings (SSSR count). The second-order valence-electron chi connectivity index (χ2n) is 3.40. The first-order valence-electron chi connectivity index (χ1n) is 4.70. The third kappa shape index (κ3) is 3.06.